The van der Waals surface area contributed by atoms with Gasteiger partial charge in [-0.25, -0.2) is 4.79 Å². The van der Waals surface area contributed by atoms with E-state index in [1.54, 1.807) is 16.2 Å². The molecule has 6 nitrogen and oxygen atoms in total. The highest BCUT2D eigenvalue weighted by Crippen LogP contribution is 2.78. The third-order valence-corrected chi connectivity index (χ3v) is 17.6. The standard InChI is InChI=1S/C53H51NO5S/c1-49-23-20-39(55)30-51(49)26-27-53(42(31-51)47(56)44-29-37-13-6-8-17-43(37)60-44)45(49)21-24-50(2)46(53)22-25-52(50,58)33-54(32-38-15-9-14-35-11-5-7-16-41(35)38)48(57)59-40-19-18-34-10-3-4-12-36(34)28-40/h3-19,26-29,31,39,45-46,55,58H,20-25,30,32-33H2,1-2H3. The summed E-state index contributed by atoms with van der Waals surface area (Å²) in [4.78, 5) is 32.4. The smallest absolute Gasteiger partial charge is 0.410 e. The molecular weight excluding hydrogens is 763 g/mol. The molecule has 304 valence electrons. The van der Waals surface area contributed by atoms with Gasteiger partial charge >= 0.3 is 6.09 Å². The van der Waals surface area contributed by atoms with E-state index in [4.69, 9.17) is 4.74 Å². The highest BCUT2D eigenvalue weighted by atomic mass is 32.1. The molecular formula is C53H51NO5S. The Bertz CT molecular complexity index is 2770. The molecule has 2 N–H and O–H groups in total. The second-order valence-corrected chi connectivity index (χ2v) is 20.2. The van der Waals surface area contributed by atoms with Gasteiger partial charge in [-0.05, 0) is 119 Å². The molecule has 0 aliphatic heterocycles. The lowest BCUT2D eigenvalue weighted by Crippen LogP contribution is -2.67. The molecule has 3 fully saturated rings. The van der Waals surface area contributed by atoms with Crippen LogP contribution in [0, 0.1) is 33.5 Å². The Labute approximate surface area is 355 Å². The Morgan fingerprint density at radius 2 is 1.45 bits per heavy atom. The Morgan fingerprint density at radius 1 is 0.750 bits per heavy atom. The Hall–Kier alpha value is -5.08. The number of hydrogen-bond donors (Lipinski definition) is 2. The van der Waals surface area contributed by atoms with E-state index in [0.717, 1.165) is 79.7 Å². The molecule has 60 heavy (non-hydrogen) atoms. The van der Waals surface area contributed by atoms with Crippen molar-refractivity contribution in [2.24, 2.45) is 33.5 Å². The molecule has 8 atom stereocenters. The first kappa shape index (κ1) is 37.9. The summed E-state index contributed by atoms with van der Waals surface area (Å²) in [5.74, 6) is 0.656. The number of fused-ring (bicyclic) bond motifs is 4. The Kier molecular flexibility index (Phi) is 8.50. The fourth-order valence-electron chi connectivity index (χ4n) is 13.4. The number of thiophene rings is 1. The van der Waals surface area contributed by atoms with Crippen molar-refractivity contribution in [2.75, 3.05) is 6.54 Å². The van der Waals surface area contributed by atoms with Crippen LogP contribution in [0.5, 0.6) is 5.75 Å². The van der Waals surface area contributed by atoms with E-state index in [0.29, 0.717) is 18.6 Å². The first-order valence-electron chi connectivity index (χ1n) is 21.8. The summed E-state index contributed by atoms with van der Waals surface area (Å²) in [6.07, 6.45) is 11.2. The van der Waals surface area contributed by atoms with Crippen molar-refractivity contribution < 1.29 is 24.5 Å². The zero-order chi connectivity index (χ0) is 41.1. The number of ketones is 1. The third-order valence-electron chi connectivity index (χ3n) is 16.5. The van der Waals surface area contributed by atoms with Crippen LogP contribution >= 0.6 is 11.3 Å². The largest absolute Gasteiger partial charge is 0.415 e. The summed E-state index contributed by atoms with van der Waals surface area (Å²) >= 11 is 1.56. The number of carbonyl (C=O) groups is 2. The fraction of sp³-hybridized carbons (Fsp3) is 0.358. The van der Waals surface area contributed by atoms with Crippen LogP contribution in [0.15, 0.2) is 139 Å². The summed E-state index contributed by atoms with van der Waals surface area (Å²) in [7, 11) is 0. The first-order chi connectivity index (χ1) is 29.0. The lowest BCUT2D eigenvalue weighted by atomic mass is 9.32. The van der Waals surface area contributed by atoms with E-state index in [-0.39, 0.29) is 36.1 Å². The third kappa shape index (κ3) is 5.37. The van der Waals surface area contributed by atoms with Gasteiger partial charge in [0.15, 0.2) is 5.78 Å². The van der Waals surface area contributed by atoms with E-state index in [9.17, 15) is 15.0 Å². The van der Waals surface area contributed by atoms with Gasteiger partial charge in [0, 0.05) is 33.1 Å². The zero-order valence-electron chi connectivity index (χ0n) is 34.3. The summed E-state index contributed by atoms with van der Waals surface area (Å²) < 4.78 is 7.31. The maximum absolute atomic E-state index is 15.3. The van der Waals surface area contributed by atoms with E-state index in [1.165, 1.54) is 0 Å². The minimum Gasteiger partial charge on any atom is -0.410 e. The van der Waals surface area contributed by atoms with Crippen LogP contribution in [0.2, 0.25) is 0 Å². The number of amides is 1. The van der Waals surface area contributed by atoms with Crippen LogP contribution in [0.3, 0.4) is 0 Å². The van der Waals surface area contributed by atoms with Crippen molar-refractivity contribution in [1.82, 2.24) is 4.90 Å². The maximum atomic E-state index is 15.3. The van der Waals surface area contributed by atoms with Crippen molar-refractivity contribution in [3.05, 3.63) is 150 Å². The number of nitrogens with zero attached hydrogens (tertiary/aromatic N) is 1. The van der Waals surface area contributed by atoms with Gasteiger partial charge in [-0.1, -0.05) is 123 Å². The molecule has 7 heteroatoms. The number of Topliss-reactive ketones (excluding diaryl/α,β-unsaturated/α-hetero) is 1. The van der Waals surface area contributed by atoms with Gasteiger partial charge in [-0.2, -0.15) is 0 Å². The first-order valence-corrected chi connectivity index (χ1v) is 22.6. The summed E-state index contributed by atoms with van der Waals surface area (Å²) in [5.41, 5.74) is -1.22. The zero-order valence-corrected chi connectivity index (χ0v) is 35.1. The maximum Gasteiger partial charge on any atom is 0.415 e. The lowest BCUT2D eigenvalue weighted by Gasteiger charge is -2.71. The molecule has 1 aromatic heterocycles. The minimum atomic E-state index is -1.26. The predicted octanol–water partition coefficient (Wildman–Crippen LogP) is 11.7. The molecule has 3 saturated carbocycles. The van der Waals surface area contributed by atoms with E-state index in [1.807, 2.05) is 78.9 Å². The summed E-state index contributed by atoms with van der Waals surface area (Å²) in [6.45, 7) is 5.01. The van der Waals surface area contributed by atoms with Gasteiger partial charge < -0.3 is 19.8 Å². The number of rotatable bonds is 7. The lowest BCUT2D eigenvalue weighted by molar-refractivity contribution is -0.175. The van der Waals surface area contributed by atoms with Gasteiger partial charge in [0.05, 0.1) is 23.1 Å². The number of hydrogen-bond acceptors (Lipinski definition) is 6. The highest BCUT2D eigenvalue weighted by molar-refractivity contribution is 7.21. The number of aliphatic hydroxyl groups excluding tert-OH is 1. The molecule has 6 aliphatic rings. The molecule has 8 unspecified atom stereocenters. The van der Waals surface area contributed by atoms with Crippen molar-refractivity contribution in [3.63, 3.8) is 0 Å². The van der Waals surface area contributed by atoms with Gasteiger partial charge in [0.2, 0.25) is 0 Å². The molecule has 0 saturated heterocycles. The van der Waals surface area contributed by atoms with Crippen molar-refractivity contribution in [2.45, 2.75) is 77.0 Å². The molecule has 1 amide bonds. The molecule has 6 aliphatic carbocycles. The van der Waals surface area contributed by atoms with Crippen molar-refractivity contribution in [1.29, 1.82) is 0 Å². The molecule has 1 heterocycles. The number of aliphatic hydroxyl groups is 2. The van der Waals surface area contributed by atoms with Crippen LogP contribution < -0.4 is 4.74 Å². The molecule has 12 rings (SSSR count). The van der Waals surface area contributed by atoms with Crippen LogP contribution in [0.4, 0.5) is 4.79 Å². The number of ether oxygens (including phenoxy) is 1. The number of benzene rings is 5. The average molecular weight is 814 g/mol. The van der Waals surface area contributed by atoms with E-state index in [2.05, 4.69) is 68.5 Å². The molecule has 6 aromatic rings. The second kappa shape index (κ2) is 13.5. The van der Waals surface area contributed by atoms with Crippen LogP contribution in [-0.2, 0) is 6.54 Å². The van der Waals surface area contributed by atoms with E-state index < -0.39 is 34.0 Å². The second-order valence-electron chi connectivity index (χ2n) is 19.2. The molecule has 5 aromatic carbocycles. The predicted molar refractivity (Wildman–Crippen MR) is 239 cm³/mol. The van der Waals surface area contributed by atoms with E-state index >= 15 is 4.79 Å². The Morgan fingerprint density at radius 3 is 2.28 bits per heavy atom. The molecule has 0 radical (unpaired) electrons. The normalized spacial score (nSPS) is 32.7. The van der Waals surface area contributed by atoms with Gasteiger partial charge in [-0.3, -0.25) is 4.79 Å². The molecule has 2 bridgehead atoms. The number of allylic oxidation sites excluding steroid dienone is 4. The SMILES string of the molecule is CC12CCC(O)CC13C=CC1(C(C(=O)c4cc5ccccc5s4)=C3)C2CCC2(C)C1CCC2(O)CN(Cc1cccc2ccccc12)C(=O)Oc1ccc2ccccc2c1. The average Bonchev–Trinajstić information content (AvgIpc) is 3.81. The fourth-order valence-corrected chi connectivity index (χ4v) is 14.4. The van der Waals surface area contributed by atoms with Crippen molar-refractivity contribution in [3.8, 4) is 5.75 Å². The van der Waals surface area contributed by atoms with Gasteiger partial charge in [0.25, 0.3) is 0 Å². The quantitative estimate of drug-likeness (QED) is 0.124. The molecule has 2 spiro atoms. The highest BCUT2D eigenvalue weighted by Gasteiger charge is 2.74. The van der Waals surface area contributed by atoms with Crippen LogP contribution in [-0.4, -0.2) is 45.2 Å². The van der Waals surface area contributed by atoms with Crippen LogP contribution in [0.1, 0.15) is 74.0 Å². The van der Waals surface area contributed by atoms with Gasteiger partial charge in [-0.15, -0.1) is 11.3 Å². The Balaban J connectivity index is 0.991. The van der Waals surface area contributed by atoms with Crippen LogP contribution in [0.25, 0.3) is 31.6 Å². The number of carbonyl (C=O) groups excluding carboxylic acids is 2. The van der Waals surface area contributed by atoms with Crippen molar-refractivity contribution >= 4 is 54.8 Å². The monoisotopic (exact) mass is 813 g/mol. The summed E-state index contributed by atoms with van der Waals surface area (Å²) in [6, 6.07) is 38.3. The summed E-state index contributed by atoms with van der Waals surface area (Å²) in [5, 5.41) is 29.9. The minimum absolute atomic E-state index is 0.0486. The van der Waals surface area contributed by atoms with Gasteiger partial charge in [0.1, 0.15) is 5.75 Å². The topological polar surface area (TPSA) is 87.1 Å².